The van der Waals surface area contributed by atoms with E-state index in [4.69, 9.17) is 0 Å². The molecule has 0 bridgehead atoms. The Morgan fingerprint density at radius 2 is 2.18 bits per heavy atom. The first-order chi connectivity index (χ1) is 8.33. The van der Waals surface area contributed by atoms with Gasteiger partial charge in [-0.1, -0.05) is 6.07 Å². The average molecular weight is 229 g/mol. The Morgan fingerprint density at radius 1 is 1.35 bits per heavy atom. The Kier molecular flexibility index (Phi) is 1.77. The van der Waals surface area contributed by atoms with Crippen molar-refractivity contribution in [2.45, 2.75) is 13.0 Å². The fourth-order valence-corrected chi connectivity index (χ4v) is 2.88. The molecule has 2 aromatic rings. The van der Waals surface area contributed by atoms with Crippen LogP contribution in [-0.2, 0) is 0 Å². The molecule has 5 heteroatoms. The molecule has 1 saturated carbocycles. The largest absolute Gasteiger partial charge is 0.349 e. The Hall–Kier alpha value is -1.62. The van der Waals surface area contributed by atoms with Crippen LogP contribution in [0.4, 0.5) is 5.95 Å². The molecule has 1 aliphatic heterocycles. The van der Waals surface area contributed by atoms with Crippen LogP contribution in [0.1, 0.15) is 5.69 Å². The van der Waals surface area contributed by atoms with E-state index in [1.54, 1.807) is 0 Å². The predicted octanol–water partition coefficient (Wildman–Crippen LogP) is 0.667. The van der Waals surface area contributed by atoms with Gasteiger partial charge in [0, 0.05) is 24.8 Å². The molecule has 1 aliphatic carbocycles. The molecule has 17 heavy (non-hydrogen) atoms. The lowest BCUT2D eigenvalue weighted by molar-refractivity contribution is 0.693. The van der Waals surface area contributed by atoms with Crippen molar-refractivity contribution in [2.75, 3.05) is 18.4 Å². The van der Waals surface area contributed by atoms with Crippen LogP contribution in [0.3, 0.4) is 0 Å². The maximum absolute atomic E-state index is 4.50. The van der Waals surface area contributed by atoms with E-state index in [1.807, 2.05) is 29.6 Å². The summed E-state index contributed by atoms with van der Waals surface area (Å²) in [6, 6.07) is 6.62. The van der Waals surface area contributed by atoms with E-state index >= 15 is 0 Å². The van der Waals surface area contributed by atoms with Crippen molar-refractivity contribution >= 4 is 11.6 Å². The minimum Gasteiger partial charge on any atom is -0.349 e. The Morgan fingerprint density at radius 3 is 2.94 bits per heavy atom. The normalized spacial score (nSPS) is 30.5. The van der Waals surface area contributed by atoms with Gasteiger partial charge in [-0.05, 0) is 30.9 Å². The number of aryl methyl sites for hydroxylation is 1. The van der Waals surface area contributed by atoms with E-state index in [9.17, 15) is 0 Å². The van der Waals surface area contributed by atoms with Gasteiger partial charge >= 0.3 is 0 Å². The Labute approximate surface area is 99.2 Å². The third-order valence-electron chi connectivity index (χ3n) is 3.94. The highest BCUT2D eigenvalue weighted by Crippen LogP contribution is 2.43. The molecule has 2 aliphatic rings. The topological polar surface area (TPSA) is 54.2 Å². The van der Waals surface area contributed by atoms with Crippen LogP contribution in [0.5, 0.6) is 0 Å². The molecular weight excluding hydrogens is 214 g/mol. The minimum atomic E-state index is 0.578. The summed E-state index contributed by atoms with van der Waals surface area (Å²) in [5.41, 5.74) is 2.03. The van der Waals surface area contributed by atoms with Crippen LogP contribution in [0, 0.1) is 18.8 Å². The number of anilines is 1. The number of nitrogens with zero attached hydrogens (tertiary/aromatic N) is 3. The first-order valence-corrected chi connectivity index (χ1v) is 6.12. The zero-order chi connectivity index (χ0) is 11.4. The molecule has 3 heterocycles. The molecule has 2 aromatic heterocycles. The number of hydrogen-bond donors (Lipinski definition) is 2. The van der Waals surface area contributed by atoms with Crippen molar-refractivity contribution in [1.82, 2.24) is 19.9 Å². The molecule has 88 valence electrons. The van der Waals surface area contributed by atoms with Gasteiger partial charge in [-0.15, -0.1) is 5.10 Å². The second kappa shape index (κ2) is 3.20. The van der Waals surface area contributed by atoms with E-state index in [0.29, 0.717) is 6.04 Å². The molecule has 2 fully saturated rings. The zero-order valence-corrected chi connectivity index (χ0v) is 9.72. The van der Waals surface area contributed by atoms with Crippen LogP contribution in [0.2, 0.25) is 0 Å². The van der Waals surface area contributed by atoms with Crippen molar-refractivity contribution < 1.29 is 0 Å². The molecule has 0 spiro atoms. The number of fused-ring (bicyclic) bond motifs is 2. The second-order valence-corrected chi connectivity index (χ2v) is 5.03. The second-order valence-electron chi connectivity index (χ2n) is 5.03. The summed E-state index contributed by atoms with van der Waals surface area (Å²) >= 11 is 0. The van der Waals surface area contributed by atoms with Gasteiger partial charge in [0.25, 0.3) is 0 Å². The molecule has 1 saturated heterocycles. The van der Waals surface area contributed by atoms with Crippen LogP contribution >= 0.6 is 0 Å². The van der Waals surface area contributed by atoms with Crippen molar-refractivity contribution in [2.24, 2.45) is 11.8 Å². The number of aromatic nitrogens is 3. The van der Waals surface area contributed by atoms with Gasteiger partial charge in [-0.3, -0.25) is 0 Å². The SMILES string of the molecule is Cc1cccc2nc(NC3C4CNCC43)nn12. The van der Waals surface area contributed by atoms with Crippen LogP contribution < -0.4 is 10.6 Å². The summed E-state index contributed by atoms with van der Waals surface area (Å²) in [6.07, 6.45) is 0. The van der Waals surface area contributed by atoms with Gasteiger partial charge in [0.15, 0.2) is 5.65 Å². The van der Waals surface area contributed by atoms with E-state index < -0.39 is 0 Å². The zero-order valence-electron chi connectivity index (χ0n) is 9.72. The highest BCUT2D eigenvalue weighted by molar-refractivity contribution is 5.45. The molecule has 2 N–H and O–H groups in total. The van der Waals surface area contributed by atoms with Gasteiger partial charge in [0.05, 0.1) is 0 Å². The predicted molar refractivity (Wildman–Crippen MR) is 65.0 cm³/mol. The summed E-state index contributed by atoms with van der Waals surface area (Å²) in [7, 11) is 0. The summed E-state index contributed by atoms with van der Waals surface area (Å²) in [5.74, 6) is 2.32. The quantitative estimate of drug-likeness (QED) is 0.794. The average Bonchev–Trinajstić information content (AvgIpc) is 2.73. The monoisotopic (exact) mass is 229 g/mol. The Bertz CT molecular complexity index is 565. The number of hydrogen-bond acceptors (Lipinski definition) is 4. The third-order valence-corrected chi connectivity index (χ3v) is 3.94. The molecule has 4 rings (SSSR count). The molecule has 2 unspecified atom stereocenters. The lowest BCUT2D eigenvalue weighted by atomic mass is 10.4. The third kappa shape index (κ3) is 1.35. The van der Waals surface area contributed by atoms with Crippen molar-refractivity contribution in [3.63, 3.8) is 0 Å². The highest BCUT2D eigenvalue weighted by Gasteiger charge is 2.53. The van der Waals surface area contributed by atoms with Crippen molar-refractivity contribution in [1.29, 1.82) is 0 Å². The molecule has 5 nitrogen and oxygen atoms in total. The van der Waals surface area contributed by atoms with Gasteiger partial charge < -0.3 is 10.6 Å². The highest BCUT2D eigenvalue weighted by atomic mass is 15.4. The molecule has 0 radical (unpaired) electrons. The maximum atomic E-state index is 4.50. The number of pyridine rings is 1. The number of piperidine rings is 1. The van der Waals surface area contributed by atoms with Gasteiger partial charge in [0.2, 0.25) is 5.95 Å². The maximum Gasteiger partial charge on any atom is 0.243 e. The van der Waals surface area contributed by atoms with E-state index in [0.717, 1.165) is 42.2 Å². The Balaban J connectivity index is 1.62. The molecule has 0 aromatic carbocycles. The first-order valence-electron chi connectivity index (χ1n) is 6.12. The standard InChI is InChI=1S/C12H15N5/c1-7-3-2-4-10-14-12(16-17(7)10)15-11-8-5-13-6-9(8)11/h2-4,8-9,11,13H,5-6H2,1H3,(H,15,16). The van der Waals surface area contributed by atoms with Crippen molar-refractivity contribution in [3.8, 4) is 0 Å². The summed E-state index contributed by atoms with van der Waals surface area (Å²) in [5, 5.41) is 11.3. The van der Waals surface area contributed by atoms with E-state index in [-0.39, 0.29) is 0 Å². The lowest BCUT2D eigenvalue weighted by Gasteiger charge is -2.03. The molecule has 2 atom stereocenters. The van der Waals surface area contributed by atoms with E-state index in [2.05, 4.69) is 20.7 Å². The van der Waals surface area contributed by atoms with Crippen molar-refractivity contribution in [3.05, 3.63) is 23.9 Å². The van der Waals surface area contributed by atoms with Gasteiger partial charge in [-0.2, -0.15) is 4.98 Å². The van der Waals surface area contributed by atoms with Gasteiger partial charge in [0.1, 0.15) is 0 Å². The minimum absolute atomic E-state index is 0.578. The molecular formula is C12H15N5. The molecule has 0 amide bonds. The number of nitrogens with one attached hydrogen (secondary N) is 2. The summed E-state index contributed by atoms with van der Waals surface area (Å²) in [6.45, 7) is 4.31. The van der Waals surface area contributed by atoms with Crippen LogP contribution in [0.25, 0.3) is 5.65 Å². The van der Waals surface area contributed by atoms with Gasteiger partial charge in [-0.25, -0.2) is 4.52 Å². The summed E-state index contributed by atoms with van der Waals surface area (Å²) in [4.78, 5) is 4.50. The smallest absolute Gasteiger partial charge is 0.243 e. The fraction of sp³-hybridized carbons (Fsp3) is 0.500. The van der Waals surface area contributed by atoms with Crippen LogP contribution in [0.15, 0.2) is 18.2 Å². The fourth-order valence-electron chi connectivity index (χ4n) is 2.88. The lowest BCUT2D eigenvalue weighted by Crippen LogP contribution is -2.21. The van der Waals surface area contributed by atoms with E-state index in [1.165, 1.54) is 0 Å². The van der Waals surface area contributed by atoms with Crippen LogP contribution in [-0.4, -0.2) is 33.7 Å². The number of rotatable bonds is 2. The first kappa shape index (κ1) is 9.41. The summed E-state index contributed by atoms with van der Waals surface area (Å²) < 4.78 is 1.89.